The standard InChI is InChI=1S/C22H23N5O3/c1-15-12-18(16(2)26(15)20-10-8-19(9-11-20)25(3)4)14-23-24-22(28)17-6-5-7-21(13-17)27(29)30/h5-14H,1-4H3,(H,24,28)/b23-14-. The van der Waals surface area contributed by atoms with Crippen molar-refractivity contribution >= 4 is 23.5 Å². The fourth-order valence-corrected chi connectivity index (χ4v) is 3.20. The fraction of sp³-hybridized carbons (Fsp3) is 0.182. The van der Waals surface area contributed by atoms with Gasteiger partial charge in [0.2, 0.25) is 0 Å². The zero-order valence-corrected chi connectivity index (χ0v) is 17.3. The lowest BCUT2D eigenvalue weighted by atomic mass is 10.2. The molecule has 3 rings (SSSR count). The molecule has 0 saturated carbocycles. The van der Waals surface area contributed by atoms with Gasteiger partial charge in [-0.3, -0.25) is 14.9 Å². The van der Waals surface area contributed by atoms with Crippen LogP contribution in [-0.4, -0.2) is 35.7 Å². The highest BCUT2D eigenvalue weighted by atomic mass is 16.6. The Labute approximate surface area is 174 Å². The third kappa shape index (κ3) is 4.38. The minimum absolute atomic E-state index is 0.143. The number of nitrogens with zero attached hydrogens (tertiary/aromatic N) is 4. The molecule has 0 fully saturated rings. The number of nitrogens with one attached hydrogen (secondary N) is 1. The Bertz CT molecular complexity index is 1110. The summed E-state index contributed by atoms with van der Waals surface area (Å²) in [5.74, 6) is -0.511. The number of nitro groups is 1. The summed E-state index contributed by atoms with van der Waals surface area (Å²) in [5, 5.41) is 14.9. The topological polar surface area (TPSA) is 92.8 Å². The number of amides is 1. The first-order valence-electron chi connectivity index (χ1n) is 9.32. The Morgan fingerprint density at radius 2 is 1.83 bits per heavy atom. The third-order valence-corrected chi connectivity index (χ3v) is 4.78. The summed E-state index contributed by atoms with van der Waals surface area (Å²) in [5.41, 5.74) is 7.50. The number of anilines is 1. The fourth-order valence-electron chi connectivity index (χ4n) is 3.20. The summed E-state index contributed by atoms with van der Waals surface area (Å²) in [6.07, 6.45) is 1.57. The normalized spacial score (nSPS) is 10.9. The summed E-state index contributed by atoms with van der Waals surface area (Å²) >= 11 is 0. The number of hydrogen-bond acceptors (Lipinski definition) is 5. The third-order valence-electron chi connectivity index (χ3n) is 4.78. The molecule has 2 aromatic carbocycles. The quantitative estimate of drug-likeness (QED) is 0.383. The summed E-state index contributed by atoms with van der Waals surface area (Å²) in [6, 6.07) is 15.7. The first-order valence-corrected chi connectivity index (χ1v) is 9.32. The Balaban J connectivity index is 1.77. The SMILES string of the molecule is Cc1cc(/C=N\NC(=O)c2cccc([N+](=O)[O-])c2)c(C)n1-c1ccc(N(C)C)cc1. The molecule has 0 bridgehead atoms. The van der Waals surface area contributed by atoms with Crippen molar-refractivity contribution in [3.63, 3.8) is 0 Å². The molecule has 1 aromatic heterocycles. The predicted molar refractivity (Wildman–Crippen MR) is 118 cm³/mol. The van der Waals surface area contributed by atoms with Crippen molar-refractivity contribution in [3.8, 4) is 5.69 Å². The molecule has 0 aliphatic heterocycles. The Morgan fingerprint density at radius 1 is 1.13 bits per heavy atom. The van der Waals surface area contributed by atoms with Crippen LogP contribution in [0.1, 0.15) is 27.3 Å². The first-order chi connectivity index (χ1) is 14.3. The van der Waals surface area contributed by atoms with Gasteiger partial charge in [0, 0.05) is 60.1 Å². The Kier molecular flexibility index (Phi) is 5.96. The van der Waals surface area contributed by atoms with Crippen molar-refractivity contribution in [2.45, 2.75) is 13.8 Å². The van der Waals surface area contributed by atoms with Crippen LogP contribution in [0.3, 0.4) is 0 Å². The number of carbonyl (C=O) groups is 1. The maximum Gasteiger partial charge on any atom is 0.271 e. The van der Waals surface area contributed by atoms with Crippen LogP contribution in [0.4, 0.5) is 11.4 Å². The minimum Gasteiger partial charge on any atom is -0.378 e. The van der Waals surface area contributed by atoms with Gasteiger partial charge in [0.1, 0.15) is 0 Å². The smallest absolute Gasteiger partial charge is 0.271 e. The monoisotopic (exact) mass is 405 g/mol. The van der Waals surface area contributed by atoms with Crippen LogP contribution >= 0.6 is 0 Å². The predicted octanol–water partition coefficient (Wildman–Crippen LogP) is 3.83. The molecular formula is C22H23N5O3. The van der Waals surface area contributed by atoms with Crippen molar-refractivity contribution < 1.29 is 9.72 Å². The lowest BCUT2D eigenvalue weighted by Crippen LogP contribution is -2.17. The average molecular weight is 405 g/mol. The second-order valence-electron chi connectivity index (χ2n) is 7.08. The van der Waals surface area contributed by atoms with Crippen LogP contribution in [0.2, 0.25) is 0 Å². The molecule has 1 heterocycles. The molecule has 0 radical (unpaired) electrons. The van der Waals surface area contributed by atoms with Crippen LogP contribution in [-0.2, 0) is 0 Å². The van der Waals surface area contributed by atoms with Gasteiger partial charge in [-0.15, -0.1) is 0 Å². The lowest BCUT2D eigenvalue weighted by molar-refractivity contribution is -0.384. The molecule has 0 spiro atoms. The van der Waals surface area contributed by atoms with Gasteiger partial charge in [-0.05, 0) is 50.2 Å². The van der Waals surface area contributed by atoms with Gasteiger partial charge in [0.05, 0.1) is 11.1 Å². The van der Waals surface area contributed by atoms with Crippen LogP contribution in [0.15, 0.2) is 59.7 Å². The van der Waals surface area contributed by atoms with E-state index in [0.717, 1.165) is 28.3 Å². The number of aryl methyl sites for hydroxylation is 1. The van der Waals surface area contributed by atoms with Crippen LogP contribution in [0.25, 0.3) is 5.69 Å². The zero-order chi connectivity index (χ0) is 21.8. The summed E-state index contributed by atoms with van der Waals surface area (Å²) in [4.78, 5) is 24.6. The molecule has 1 amide bonds. The maximum atomic E-state index is 12.2. The number of non-ortho nitro benzene ring substituents is 1. The average Bonchev–Trinajstić information content (AvgIpc) is 3.01. The second kappa shape index (κ2) is 8.60. The van der Waals surface area contributed by atoms with E-state index >= 15 is 0 Å². The van der Waals surface area contributed by atoms with E-state index in [0.29, 0.717) is 0 Å². The highest BCUT2D eigenvalue weighted by Gasteiger charge is 2.12. The molecule has 0 atom stereocenters. The van der Waals surface area contributed by atoms with E-state index in [4.69, 9.17) is 0 Å². The molecule has 8 heteroatoms. The Hall–Kier alpha value is -3.94. The molecule has 0 aliphatic rings. The number of benzene rings is 2. The van der Waals surface area contributed by atoms with Gasteiger partial charge in [-0.2, -0.15) is 5.10 Å². The maximum absolute atomic E-state index is 12.2. The van der Waals surface area contributed by atoms with Gasteiger partial charge >= 0.3 is 0 Å². The highest BCUT2D eigenvalue weighted by molar-refractivity contribution is 5.95. The van der Waals surface area contributed by atoms with Gasteiger partial charge in [-0.1, -0.05) is 6.07 Å². The Morgan fingerprint density at radius 3 is 2.47 bits per heavy atom. The van der Waals surface area contributed by atoms with E-state index < -0.39 is 10.8 Å². The molecule has 0 aliphatic carbocycles. The number of hydrogen-bond donors (Lipinski definition) is 1. The van der Waals surface area contributed by atoms with Crippen LogP contribution in [0, 0.1) is 24.0 Å². The molecule has 0 unspecified atom stereocenters. The molecule has 154 valence electrons. The van der Waals surface area contributed by atoms with E-state index in [9.17, 15) is 14.9 Å². The molecular weight excluding hydrogens is 382 g/mol. The summed E-state index contributed by atoms with van der Waals surface area (Å²) in [6.45, 7) is 3.99. The van der Waals surface area contributed by atoms with Crippen molar-refractivity contribution in [1.82, 2.24) is 9.99 Å². The molecule has 0 saturated heterocycles. The van der Waals surface area contributed by atoms with E-state index in [2.05, 4.69) is 39.4 Å². The van der Waals surface area contributed by atoms with Crippen molar-refractivity contribution in [2.75, 3.05) is 19.0 Å². The number of aromatic nitrogens is 1. The first kappa shape index (κ1) is 20.8. The van der Waals surface area contributed by atoms with Gasteiger partial charge < -0.3 is 9.47 Å². The molecule has 1 N–H and O–H groups in total. The lowest BCUT2D eigenvalue weighted by Gasteiger charge is -2.14. The van der Waals surface area contributed by atoms with Gasteiger partial charge in [0.25, 0.3) is 11.6 Å². The molecule has 3 aromatic rings. The summed E-state index contributed by atoms with van der Waals surface area (Å²) in [7, 11) is 4.00. The van der Waals surface area contributed by atoms with E-state index in [1.54, 1.807) is 6.21 Å². The van der Waals surface area contributed by atoms with E-state index in [-0.39, 0.29) is 11.3 Å². The number of rotatable bonds is 6. The molecule has 30 heavy (non-hydrogen) atoms. The van der Waals surface area contributed by atoms with E-state index in [1.165, 1.54) is 24.3 Å². The number of hydrazone groups is 1. The largest absolute Gasteiger partial charge is 0.378 e. The summed E-state index contributed by atoms with van der Waals surface area (Å²) < 4.78 is 2.11. The van der Waals surface area contributed by atoms with E-state index in [1.807, 2.05) is 38.9 Å². The highest BCUT2D eigenvalue weighted by Crippen LogP contribution is 2.22. The second-order valence-corrected chi connectivity index (χ2v) is 7.08. The zero-order valence-electron chi connectivity index (χ0n) is 17.3. The van der Waals surface area contributed by atoms with Crippen molar-refractivity contribution in [2.24, 2.45) is 5.10 Å². The number of carbonyl (C=O) groups excluding carboxylic acids is 1. The van der Waals surface area contributed by atoms with Crippen LogP contribution < -0.4 is 10.3 Å². The number of nitro benzene ring substituents is 1. The van der Waals surface area contributed by atoms with Crippen molar-refractivity contribution in [3.05, 3.63) is 87.2 Å². The van der Waals surface area contributed by atoms with Gasteiger partial charge in [-0.25, -0.2) is 5.43 Å². The van der Waals surface area contributed by atoms with Crippen molar-refractivity contribution in [1.29, 1.82) is 0 Å². The van der Waals surface area contributed by atoms with Crippen LogP contribution in [0.5, 0.6) is 0 Å². The van der Waals surface area contributed by atoms with Gasteiger partial charge in [0.15, 0.2) is 0 Å². The molecule has 8 nitrogen and oxygen atoms in total. The minimum atomic E-state index is -0.542.